The van der Waals surface area contributed by atoms with Crippen LogP contribution in [0.5, 0.6) is 0 Å². The van der Waals surface area contributed by atoms with Crippen molar-refractivity contribution in [2.45, 2.75) is 79.7 Å². The van der Waals surface area contributed by atoms with E-state index >= 15 is 0 Å². The number of carbonyl (C=O) groups excluding carboxylic acids is 1. The average molecular weight is 418 g/mol. The minimum Gasteiger partial charge on any atom is -0.294 e. The van der Waals surface area contributed by atoms with Gasteiger partial charge in [0.25, 0.3) is 0 Å². The molecule has 0 aliphatic carbocycles. The van der Waals surface area contributed by atoms with E-state index in [1.54, 1.807) is 0 Å². The molecule has 0 N–H and O–H groups in total. The summed E-state index contributed by atoms with van der Waals surface area (Å²) in [6, 6.07) is 10.8. The summed E-state index contributed by atoms with van der Waals surface area (Å²) >= 11 is 0. The van der Waals surface area contributed by atoms with Crippen molar-refractivity contribution < 1.29 is 4.79 Å². The molecule has 1 heterocycles. The maximum absolute atomic E-state index is 13.7. The number of hydrogen-bond acceptors (Lipinski definition) is 2. The molecule has 1 aliphatic rings. The molecule has 0 saturated carbocycles. The van der Waals surface area contributed by atoms with Gasteiger partial charge in [-0.25, -0.2) is 0 Å². The third-order valence-corrected chi connectivity index (χ3v) is 11.5. The SMILES string of the molecule is CCCCP(CCCC)(CCCC)=C1CN(Cc2ccccc2)CC(C)(C)C1=O. The lowest BCUT2D eigenvalue weighted by Crippen LogP contribution is -2.52. The van der Waals surface area contributed by atoms with Gasteiger partial charge in [0, 0.05) is 30.3 Å². The molecule has 0 bridgehead atoms. The molecule has 0 atom stereocenters. The molecule has 164 valence electrons. The fraction of sp³-hybridized carbons (Fsp3) is 0.692. The Kier molecular flexibility index (Phi) is 9.70. The van der Waals surface area contributed by atoms with Crippen LogP contribution in [0.1, 0.15) is 78.7 Å². The van der Waals surface area contributed by atoms with Gasteiger partial charge in [-0.1, -0.05) is 91.1 Å². The molecule has 29 heavy (non-hydrogen) atoms. The van der Waals surface area contributed by atoms with Gasteiger partial charge in [-0.3, -0.25) is 9.69 Å². The van der Waals surface area contributed by atoms with E-state index in [9.17, 15) is 4.79 Å². The topological polar surface area (TPSA) is 20.3 Å². The lowest BCUT2D eigenvalue weighted by molar-refractivity contribution is -0.122. The van der Waals surface area contributed by atoms with Crippen molar-refractivity contribution in [3.8, 4) is 0 Å². The fourth-order valence-electron chi connectivity index (χ4n) is 4.80. The molecule has 0 aromatic heterocycles. The van der Waals surface area contributed by atoms with Crippen LogP contribution in [0, 0.1) is 5.41 Å². The van der Waals surface area contributed by atoms with Crippen LogP contribution in [0.25, 0.3) is 0 Å². The van der Waals surface area contributed by atoms with E-state index in [-0.39, 0.29) is 5.41 Å². The van der Waals surface area contributed by atoms with E-state index in [2.05, 4.69) is 69.9 Å². The molecule has 2 rings (SSSR count). The number of rotatable bonds is 11. The number of carbonyl (C=O) groups is 1. The normalized spacial score (nSPS) is 17.7. The molecule has 1 aromatic carbocycles. The minimum atomic E-state index is -1.37. The van der Waals surface area contributed by atoms with Crippen LogP contribution in [-0.4, -0.2) is 47.6 Å². The third kappa shape index (κ3) is 6.56. The second-order valence-corrected chi connectivity index (χ2v) is 13.8. The number of nitrogens with zero attached hydrogens (tertiary/aromatic N) is 1. The Hall–Kier alpha value is -0.850. The van der Waals surface area contributed by atoms with Crippen molar-refractivity contribution in [1.29, 1.82) is 0 Å². The Bertz CT molecular complexity index is 663. The molecule has 0 radical (unpaired) electrons. The van der Waals surface area contributed by atoms with E-state index in [4.69, 9.17) is 0 Å². The van der Waals surface area contributed by atoms with Crippen molar-refractivity contribution in [1.82, 2.24) is 4.90 Å². The molecule has 1 saturated heterocycles. The molecule has 1 aromatic rings. The molecular weight excluding hydrogens is 373 g/mol. The highest BCUT2D eigenvalue weighted by Crippen LogP contribution is 2.53. The van der Waals surface area contributed by atoms with Crippen molar-refractivity contribution in [3.05, 3.63) is 35.9 Å². The van der Waals surface area contributed by atoms with Crippen LogP contribution >= 0.6 is 6.89 Å². The average Bonchev–Trinajstić information content (AvgIpc) is 2.71. The van der Waals surface area contributed by atoms with E-state index in [0.717, 1.165) is 19.6 Å². The number of piperidine rings is 1. The molecule has 3 heteroatoms. The lowest BCUT2D eigenvalue weighted by atomic mass is 9.82. The highest BCUT2D eigenvalue weighted by atomic mass is 31.2. The van der Waals surface area contributed by atoms with Gasteiger partial charge < -0.3 is 0 Å². The van der Waals surface area contributed by atoms with Gasteiger partial charge in [-0.05, 0) is 43.3 Å². The Morgan fingerprint density at radius 1 is 0.897 bits per heavy atom. The summed E-state index contributed by atoms with van der Waals surface area (Å²) in [5.74, 6) is 0.499. The number of ketones is 1. The lowest BCUT2D eigenvalue weighted by Gasteiger charge is -2.43. The minimum absolute atomic E-state index is 0.266. The van der Waals surface area contributed by atoms with Crippen molar-refractivity contribution >= 4 is 18.0 Å². The first-order valence-electron chi connectivity index (χ1n) is 11.9. The zero-order chi connectivity index (χ0) is 21.3. The van der Waals surface area contributed by atoms with Crippen LogP contribution in [0.4, 0.5) is 0 Å². The molecule has 0 unspecified atom stereocenters. The number of hydrogen-bond donors (Lipinski definition) is 0. The van der Waals surface area contributed by atoms with Gasteiger partial charge >= 0.3 is 0 Å². The van der Waals surface area contributed by atoms with Gasteiger partial charge in [-0.2, -0.15) is 0 Å². The summed E-state index contributed by atoms with van der Waals surface area (Å²) < 4.78 is 0. The summed E-state index contributed by atoms with van der Waals surface area (Å²) in [6.45, 7) is 12.6. The zero-order valence-corrected chi connectivity index (χ0v) is 20.6. The van der Waals surface area contributed by atoms with E-state index in [0.29, 0.717) is 5.78 Å². The summed E-state index contributed by atoms with van der Waals surface area (Å²) in [5.41, 5.74) is 1.09. The van der Waals surface area contributed by atoms with Crippen molar-refractivity contribution in [3.63, 3.8) is 0 Å². The summed E-state index contributed by atoms with van der Waals surface area (Å²) in [4.78, 5) is 16.3. The summed E-state index contributed by atoms with van der Waals surface area (Å²) in [5, 5.41) is 1.36. The van der Waals surface area contributed by atoms with Crippen LogP contribution in [0.3, 0.4) is 0 Å². The molecule has 1 aliphatic heterocycles. The molecule has 0 spiro atoms. The summed E-state index contributed by atoms with van der Waals surface area (Å²) in [6.07, 6.45) is 11.4. The number of benzene rings is 1. The fourth-order valence-corrected chi connectivity index (χ4v) is 10.3. The first-order chi connectivity index (χ1) is 13.9. The van der Waals surface area contributed by atoms with Crippen LogP contribution in [0.2, 0.25) is 0 Å². The molecule has 0 amide bonds. The predicted octanol–water partition coefficient (Wildman–Crippen LogP) is 6.69. The maximum atomic E-state index is 13.7. The van der Waals surface area contributed by atoms with Crippen LogP contribution < -0.4 is 0 Å². The first kappa shape index (κ1) is 24.4. The quantitative estimate of drug-likeness (QED) is 0.374. The summed E-state index contributed by atoms with van der Waals surface area (Å²) in [7, 11) is 0. The largest absolute Gasteiger partial charge is 0.294 e. The van der Waals surface area contributed by atoms with Gasteiger partial charge in [0.05, 0.1) is 0 Å². The zero-order valence-electron chi connectivity index (χ0n) is 19.7. The van der Waals surface area contributed by atoms with E-state index in [1.165, 1.54) is 67.9 Å². The van der Waals surface area contributed by atoms with Gasteiger partial charge in [0.1, 0.15) is 0 Å². The smallest absolute Gasteiger partial charge is 0.167 e. The monoisotopic (exact) mass is 417 g/mol. The molecular formula is C26H44NOP. The maximum Gasteiger partial charge on any atom is 0.167 e. The Labute approximate surface area is 180 Å². The number of likely N-dealkylation sites (tertiary alicyclic amines) is 1. The second-order valence-electron chi connectivity index (χ2n) is 9.67. The number of Topliss-reactive ketones (excluding diaryl/α,β-unsaturated/α-hetero) is 1. The highest BCUT2D eigenvalue weighted by Gasteiger charge is 2.41. The Morgan fingerprint density at radius 3 is 1.90 bits per heavy atom. The van der Waals surface area contributed by atoms with Gasteiger partial charge in [0.15, 0.2) is 5.78 Å². The van der Waals surface area contributed by atoms with Crippen LogP contribution in [0.15, 0.2) is 30.3 Å². The highest BCUT2D eigenvalue weighted by molar-refractivity contribution is 7.78. The standard InChI is InChI=1S/C26H44NOP/c1-6-9-17-29(18-10-7-2,19-11-8-3)24-21-27(22-26(4,5)25(24)28)20-23-15-13-12-14-16-23/h12-16H,6-11,17-22H2,1-5H3. The molecule has 2 nitrogen and oxygen atoms in total. The predicted molar refractivity (Wildman–Crippen MR) is 132 cm³/mol. The second kappa shape index (κ2) is 11.5. The Balaban J connectivity index is 2.48. The first-order valence-corrected chi connectivity index (χ1v) is 14.3. The van der Waals surface area contributed by atoms with Crippen molar-refractivity contribution in [2.75, 3.05) is 31.6 Å². The van der Waals surface area contributed by atoms with E-state index in [1.807, 2.05) is 0 Å². The van der Waals surface area contributed by atoms with Crippen molar-refractivity contribution in [2.24, 2.45) is 5.41 Å². The van der Waals surface area contributed by atoms with E-state index < -0.39 is 6.89 Å². The van der Waals surface area contributed by atoms with Gasteiger partial charge in [-0.15, -0.1) is 0 Å². The van der Waals surface area contributed by atoms with Crippen LogP contribution in [-0.2, 0) is 11.3 Å². The molecule has 1 fully saturated rings. The van der Waals surface area contributed by atoms with Gasteiger partial charge in [0.2, 0.25) is 0 Å². The number of unbranched alkanes of at least 4 members (excludes halogenated alkanes) is 3. The third-order valence-electron chi connectivity index (χ3n) is 6.51. The Morgan fingerprint density at radius 2 is 1.41 bits per heavy atom.